The van der Waals surface area contributed by atoms with Crippen molar-refractivity contribution in [2.45, 2.75) is 19.6 Å². The molecule has 0 saturated carbocycles. The van der Waals surface area contributed by atoms with Crippen LogP contribution in [-0.2, 0) is 12.7 Å². The van der Waals surface area contributed by atoms with Gasteiger partial charge in [-0.2, -0.15) is 13.2 Å². The van der Waals surface area contributed by atoms with E-state index in [1.165, 1.54) is 12.1 Å². The highest BCUT2D eigenvalue weighted by Gasteiger charge is 2.33. The summed E-state index contributed by atoms with van der Waals surface area (Å²) in [4.78, 5) is 0. The summed E-state index contributed by atoms with van der Waals surface area (Å²) in [6.07, 6.45) is -4.41. The standard InChI is InChI=1S/C19H13F3N4/c1-11-23-24-18-10-25-15-5-3-2-4-12(15)8-16(25)14-7-6-13(19(20,21)22)9-17(14)26(11)18/h2-9H,10H2,1H3. The lowest BCUT2D eigenvalue weighted by atomic mass is 10.1. The Morgan fingerprint density at radius 1 is 1.00 bits per heavy atom. The van der Waals surface area contributed by atoms with E-state index in [0.717, 1.165) is 28.2 Å². The topological polar surface area (TPSA) is 35.6 Å². The number of hydrogen-bond acceptors (Lipinski definition) is 2. The van der Waals surface area contributed by atoms with E-state index < -0.39 is 11.7 Å². The van der Waals surface area contributed by atoms with Crippen molar-refractivity contribution in [3.8, 4) is 16.9 Å². The lowest BCUT2D eigenvalue weighted by molar-refractivity contribution is -0.137. The van der Waals surface area contributed by atoms with Gasteiger partial charge < -0.3 is 4.57 Å². The molecule has 4 aromatic rings. The number of aromatic nitrogens is 4. The molecular weight excluding hydrogens is 341 g/mol. The van der Waals surface area contributed by atoms with Crippen LogP contribution in [0, 0.1) is 6.92 Å². The average Bonchev–Trinajstić information content (AvgIpc) is 3.11. The van der Waals surface area contributed by atoms with Crippen molar-refractivity contribution >= 4 is 10.9 Å². The molecule has 0 atom stereocenters. The van der Waals surface area contributed by atoms with Gasteiger partial charge >= 0.3 is 6.18 Å². The smallest absolute Gasteiger partial charge is 0.333 e. The van der Waals surface area contributed by atoms with Crippen LogP contribution < -0.4 is 0 Å². The fourth-order valence-electron chi connectivity index (χ4n) is 3.68. The minimum Gasteiger partial charge on any atom is -0.333 e. The lowest BCUT2D eigenvalue weighted by Gasteiger charge is -2.14. The van der Waals surface area contributed by atoms with Gasteiger partial charge in [-0.25, -0.2) is 0 Å². The van der Waals surface area contributed by atoms with Crippen LogP contribution in [0.25, 0.3) is 27.8 Å². The largest absolute Gasteiger partial charge is 0.416 e. The summed E-state index contributed by atoms with van der Waals surface area (Å²) in [5, 5.41) is 9.33. The van der Waals surface area contributed by atoms with Crippen molar-refractivity contribution in [3.63, 3.8) is 0 Å². The second kappa shape index (κ2) is 4.97. The summed E-state index contributed by atoms with van der Waals surface area (Å²) in [5.41, 5.74) is 2.40. The molecule has 0 aliphatic carbocycles. The van der Waals surface area contributed by atoms with E-state index in [1.54, 1.807) is 11.5 Å². The van der Waals surface area contributed by atoms with E-state index >= 15 is 0 Å². The molecule has 5 rings (SSSR count). The molecule has 1 aliphatic heterocycles. The Kier molecular flexibility index (Phi) is 2.90. The number of fused-ring (bicyclic) bond motifs is 7. The van der Waals surface area contributed by atoms with Crippen molar-refractivity contribution in [3.05, 3.63) is 65.7 Å². The van der Waals surface area contributed by atoms with Crippen molar-refractivity contribution in [2.75, 3.05) is 0 Å². The van der Waals surface area contributed by atoms with Gasteiger partial charge in [-0.3, -0.25) is 4.57 Å². The molecule has 2 aromatic carbocycles. The second-order valence-electron chi connectivity index (χ2n) is 6.40. The third-order valence-electron chi connectivity index (χ3n) is 4.84. The number of hydrogen-bond donors (Lipinski definition) is 0. The van der Waals surface area contributed by atoms with Crippen molar-refractivity contribution in [2.24, 2.45) is 0 Å². The Balaban J connectivity index is 1.89. The van der Waals surface area contributed by atoms with Crippen molar-refractivity contribution in [1.82, 2.24) is 19.3 Å². The normalized spacial score (nSPS) is 13.2. The molecule has 0 bridgehead atoms. The maximum Gasteiger partial charge on any atom is 0.416 e. The average molecular weight is 354 g/mol. The number of aryl methyl sites for hydroxylation is 1. The summed E-state index contributed by atoms with van der Waals surface area (Å²) in [5.74, 6) is 1.18. The second-order valence-corrected chi connectivity index (χ2v) is 6.40. The minimum absolute atomic E-state index is 0.444. The molecule has 4 nitrogen and oxygen atoms in total. The summed E-state index contributed by atoms with van der Waals surface area (Å²) >= 11 is 0. The zero-order valence-electron chi connectivity index (χ0n) is 13.7. The van der Waals surface area contributed by atoms with Crippen LogP contribution >= 0.6 is 0 Å². The number of alkyl halides is 3. The molecule has 0 radical (unpaired) electrons. The van der Waals surface area contributed by atoms with Gasteiger partial charge in [0, 0.05) is 16.5 Å². The van der Waals surface area contributed by atoms with Gasteiger partial charge in [-0.15, -0.1) is 10.2 Å². The monoisotopic (exact) mass is 354 g/mol. The first-order chi connectivity index (χ1) is 12.4. The third-order valence-corrected chi connectivity index (χ3v) is 4.84. The van der Waals surface area contributed by atoms with Crippen LogP contribution in [0.3, 0.4) is 0 Å². The maximum atomic E-state index is 13.3. The molecule has 0 unspecified atom stereocenters. The van der Waals surface area contributed by atoms with E-state index in [9.17, 15) is 13.2 Å². The Hall–Kier alpha value is -3.09. The molecule has 130 valence electrons. The number of benzene rings is 2. The van der Waals surface area contributed by atoms with Gasteiger partial charge in [-0.1, -0.05) is 24.3 Å². The molecule has 7 heteroatoms. The number of rotatable bonds is 0. The lowest BCUT2D eigenvalue weighted by Crippen LogP contribution is -2.08. The zero-order valence-corrected chi connectivity index (χ0v) is 13.7. The van der Waals surface area contributed by atoms with E-state index in [1.807, 2.05) is 30.3 Å². The minimum atomic E-state index is -4.41. The summed E-state index contributed by atoms with van der Waals surface area (Å²) in [7, 11) is 0. The molecular formula is C19H13F3N4. The molecule has 3 heterocycles. The SMILES string of the molecule is Cc1nnc2n1-c1cc(C(F)(F)F)ccc1-c1cc3ccccc3n1C2. The molecule has 0 amide bonds. The summed E-state index contributed by atoms with van der Waals surface area (Å²) in [6.45, 7) is 2.19. The molecule has 26 heavy (non-hydrogen) atoms. The van der Waals surface area contributed by atoms with Crippen molar-refractivity contribution in [1.29, 1.82) is 0 Å². The third kappa shape index (κ3) is 2.03. The highest BCUT2D eigenvalue weighted by Crippen LogP contribution is 2.39. The fourth-order valence-corrected chi connectivity index (χ4v) is 3.68. The Morgan fingerprint density at radius 3 is 2.62 bits per heavy atom. The van der Waals surface area contributed by atoms with Gasteiger partial charge in [0.1, 0.15) is 5.82 Å². The van der Waals surface area contributed by atoms with E-state index in [2.05, 4.69) is 14.8 Å². The highest BCUT2D eigenvalue weighted by molar-refractivity contribution is 5.89. The molecule has 0 N–H and O–H groups in total. The number of para-hydroxylation sites is 1. The first-order valence-electron chi connectivity index (χ1n) is 8.14. The Morgan fingerprint density at radius 2 is 1.81 bits per heavy atom. The van der Waals surface area contributed by atoms with Gasteiger partial charge in [0.15, 0.2) is 5.82 Å². The van der Waals surface area contributed by atoms with E-state index in [0.29, 0.717) is 23.9 Å². The molecule has 0 saturated heterocycles. The predicted molar refractivity (Wildman–Crippen MR) is 91.1 cm³/mol. The fraction of sp³-hybridized carbons (Fsp3) is 0.158. The van der Waals surface area contributed by atoms with Gasteiger partial charge in [0.25, 0.3) is 0 Å². The molecule has 2 aromatic heterocycles. The van der Waals surface area contributed by atoms with Crippen LogP contribution in [0.4, 0.5) is 13.2 Å². The first-order valence-corrected chi connectivity index (χ1v) is 8.14. The van der Waals surface area contributed by atoms with Crippen LogP contribution in [-0.4, -0.2) is 19.3 Å². The number of halogens is 3. The zero-order chi connectivity index (χ0) is 18.1. The van der Waals surface area contributed by atoms with Gasteiger partial charge in [0.05, 0.1) is 23.5 Å². The van der Waals surface area contributed by atoms with Crippen molar-refractivity contribution < 1.29 is 13.2 Å². The molecule has 1 aliphatic rings. The summed E-state index contributed by atoms with van der Waals surface area (Å²) < 4.78 is 43.6. The van der Waals surface area contributed by atoms with Gasteiger partial charge in [0.2, 0.25) is 0 Å². The van der Waals surface area contributed by atoms with Crippen LogP contribution in [0.15, 0.2) is 48.5 Å². The summed E-state index contributed by atoms with van der Waals surface area (Å²) in [6, 6.07) is 13.8. The Labute approximate surface area is 146 Å². The highest BCUT2D eigenvalue weighted by atomic mass is 19.4. The van der Waals surface area contributed by atoms with Crippen LogP contribution in [0.1, 0.15) is 17.2 Å². The van der Waals surface area contributed by atoms with Crippen LogP contribution in [0.2, 0.25) is 0 Å². The maximum absolute atomic E-state index is 13.3. The molecule has 0 spiro atoms. The Bertz CT molecular complexity index is 1170. The molecule has 0 fully saturated rings. The number of nitrogens with zero attached hydrogens (tertiary/aromatic N) is 4. The van der Waals surface area contributed by atoms with E-state index in [-0.39, 0.29) is 0 Å². The van der Waals surface area contributed by atoms with Crippen LogP contribution in [0.5, 0.6) is 0 Å². The van der Waals surface area contributed by atoms with E-state index in [4.69, 9.17) is 0 Å². The first kappa shape index (κ1) is 15.2. The van der Waals surface area contributed by atoms with Gasteiger partial charge in [-0.05, 0) is 31.2 Å². The quantitative estimate of drug-likeness (QED) is 0.408. The predicted octanol–water partition coefficient (Wildman–Crippen LogP) is 4.58.